The summed E-state index contributed by atoms with van der Waals surface area (Å²) >= 11 is 0. The van der Waals surface area contributed by atoms with E-state index in [1.165, 1.54) is 0 Å². The number of hydrogen-bond donors (Lipinski definition) is 3. The molecule has 2 radical (unpaired) electrons. The summed E-state index contributed by atoms with van der Waals surface area (Å²) in [6.45, 7) is -0.0466. The SMILES string of the molecule is [B][C@@H](CO)O[C@H](CO)COP(C)(=O)O. The van der Waals surface area contributed by atoms with Crippen LogP contribution in [0.25, 0.3) is 0 Å². The van der Waals surface area contributed by atoms with Gasteiger partial charge >= 0.3 is 7.60 Å². The summed E-state index contributed by atoms with van der Waals surface area (Å²) in [5, 5.41) is 17.3. The Kier molecular flexibility index (Phi) is 6.60. The molecule has 1 unspecified atom stereocenters. The van der Waals surface area contributed by atoms with Gasteiger partial charge in [0, 0.05) is 12.7 Å². The van der Waals surface area contributed by atoms with Crippen molar-refractivity contribution in [2.24, 2.45) is 0 Å². The highest BCUT2D eigenvalue weighted by Crippen LogP contribution is 2.36. The molecule has 82 valence electrons. The lowest BCUT2D eigenvalue weighted by molar-refractivity contribution is -0.0450. The van der Waals surface area contributed by atoms with E-state index in [0.29, 0.717) is 0 Å². The summed E-state index contributed by atoms with van der Waals surface area (Å²) in [6.07, 6.45) is -0.822. The average Bonchev–Trinajstić information content (AvgIpc) is 2.10. The average molecular weight is 224 g/mol. The lowest BCUT2D eigenvalue weighted by atomic mass is 10.0. The predicted octanol–water partition coefficient (Wildman–Crippen LogP) is -1.32. The maximum Gasteiger partial charge on any atom is 0.325 e. The van der Waals surface area contributed by atoms with Gasteiger partial charge in [-0.2, -0.15) is 0 Å². The second kappa shape index (κ2) is 6.56. The number of ether oxygens (including phenoxy) is 1. The molecule has 0 aliphatic rings. The van der Waals surface area contributed by atoms with Gasteiger partial charge < -0.3 is 24.4 Å². The molecule has 0 aromatic rings. The number of aliphatic hydroxyl groups is 2. The van der Waals surface area contributed by atoms with Crippen LogP contribution in [0.15, 0.2) is 0 Å². The molecule has 6 nitrogen and oxygen atoms in total. The fourth-order valence-electron chi connectivity index (χ4n) is 0.647. The standard InChI is InChI=1S/C6H14BO6P/c1-14(10,11)12-4-5(2-8)13-6(7)3-9/h5-6,8-9H,2-4H2,1H3,(H,10,11)/t5-,6-/m1/s1. The number of rotatable bonds is 7. The van der Waals surface area contributed by atoms with E-state index in [2.05, 4.69) is 4.52 Å². The first-order valence-corrected chi connectivity index (χ1v) is 5.99. The van der Waals surface area contributed by atoms with Crippen molar-refractivity contribution in [1.29, 1.82) is 0 Å². The van der Waals surface area contributed by atoms with Crippen LogP contribution in [0.1, 0.15) is 0 Å². The maximum atomic E-state index is 10.7. The summed E-state index contributed by atoms with van der Waals surface area (Å²) in [6, 6.07) is -0.939. The van der Waals surface area contributed by atoms with Crippen LogP contribution in [-0.2, 0) is 13.8 Å². The van der Waals surface area contributed by atoms with Crippen LogP contribution in [-0.4, -0.2) is 61.5 Å². The molecule has 0 aromatic carbocycles. The molecule has 0 rings (SSSR count). The number of aliphatic hydroxyl groups excluding tert-OH is 2. The molecule has 0 heterocycles. The van der Waals surface area contributed by atoms with Gasteiger partial charge in [0.05, 0.1) is 19.8 Å². The van der Waals surface area contributed by atoms with Gasteiger partial charge in [-0.05, 0) is 0 Å². The van der Waals surface area contributed by atoms with Crippen LogP contribution in [0.2, 0.25) is 0 Å². The Morgan fingerprint density at radius 3 is 2.36 bits per heavy atom. The lowest BCUT2D eigenvalue weighted by Gasteiger charge is -2.20. The normalized spacial score (nSPS) is 20.0. The zero-order valence-corrected chi connectivity index (χ0v) is 8.76. The minimum Gasteiger partial charge on any atom is -0.395 e. The minimum atomic E-state index is -3.58. The fraction of sp³-hybridized carbons (Fsp3) is 1.00. The monoisotopic (exact) mass is 224 g/mol. The van der Waals surface area contributed by atoms with Crippen molar-refractivity contribution in [3.8, 4) is 0 Å². The van der Waals surface area contributed by atoms with Crippen LogP contribution >= 0.6 is 7.60 Å². The van der Waals surface area contributed by atoms with Gasteiger partial charge in [-0.15, -0.1) is 0 Å². The Balaban J connectivity index is 3.86. The van der Waals surface area contributed by atoms with Gasteiger partial charge in [-0.1, -0.05) is 0 Å². The molecule has 0 aromatic heterocycles. The fourth-order valence-corrected chi connectivity index (χ4v) is 1.09. The first-order chi connectivity index (χ1) is 6.39. The molecule has 0 spiro atoms. The van der Waals surface area contributed by atoms with Crippen LogP contribution in [0.5, 0.6) is 0 Å². The summed E-state index contributed by atoms with van der Waals surface area (Å²) < 4.78 is 20.1. The van der Waals surface area contributed by atoms with E-state index >= 15 is 0 Å². The second-order valence-electron chi connectivity index (χ2n) is 2.76. The van der Waals surface area contributed by atoms with E-state index < -0.39 is 32.9 Å². The van der Waals surface area contributed by atoms with Crippen LogP contribution in [0, 0.1) is 0 Å². The third-order valence-electron chi connectivity index (χ3n) is 1.25. The van der Waals surface area contributed by atoms with Crippen molar-refractivity contribution in [2.45, 2.75) is 12.1 Å². The van der Waals surface area contributed by atoms with E-state index in [-0.39, 0.29) is 6.61 Å². The molecule has 0 fully saturated rings. The quantitative estimate of drug-likeness (QED) is 0.366. The van der Waals surface area contributed by atoms with Crippen LogP contribution in [0.4, 0.5) is 0 Å². The molecule has 8 heteroatoms. The van der Waals surface area contributed by atoms with E-state index in [4.69, 9.17) is 27.7 Å². The van der Waals surface area contributed by atoms with Crippen molar-refractivity contribution in [3.63, 3.8) is 0 Å². The molecular weight excluding hydrogens is 210 g/mol. The summed E-state index contributed by atoms with van der Waals surface area (Å²) in [4.78, 5) is 8.77. The summed E-state index contributed by atoms with van der Waals surface area (Å²) in [5.41, 5.74) is 0. The maximum absolute atomic E-state index is 10.7. The molecule has 0 saturated carbocycles. The Morgan fingerprint density at radius 2 is 2.00 bits per heavy atom. The molecule has 0 aliphatic heterocycles. The predicted molar refractivity (Wildman–Crippen MR) is 50.3 cm³/mol. The highest BCUT2D eigenvalue weighted by atomic mass is 31.2. The Morgan fingerprint density at radius 1 is 1.43 bits per heavy atom. The van der Waals surface area contributed by atoms with E-state index in [1.54, 1.807) is 0 Å². The first-order valence-electron chi connectivity index (χ1n) is 3.96. The van der Waals surface area contributed by atoms with Gasteiger partial charge in [0.25, 0.3) is 0 Å². The van der Waals surface area contributed by atoms with E-state index in [1.807, 2.05) is 0 Å². The highest BCUT2D eigenvalue weighted by Gasteiger charge is 2.17. The van der Waals surface area contributed by atoms with Gasteiger partial charge in [-0.3, -0.25) is 4.57 Å². The Hall–Kier alpha value is 0.0949. The third kappa shape index (κ3) is 7.49. The van der Waals surface area contributed by atoms with Crippen molar-refractivity contribution >= 4 is 15.4 Å². The van der Waals surface area contributed by atoms with Gasteiger partial charge in [0.2, 0.25) is 0 Å². The van der Waals surface area contributed by atoms with Crippen LogP contribution < -0.4 is 0 Å². The smallest absolute Gasteiger partial charge is 0.325 e. The first kappa shape index (κ1) is 14.1. The Bertz CT molecular complexity index is 195. The van der Waals surface area contributed by atoms with Gasteiger partial charge in [0.1, 0.15) is 14.0 Å². The summed E-state index contributed by atoms with van der Waals surface area (Å²) in [5.74, 6) is 0. The molecule has 0 saturated heterocycles. The molecule has 3 atom stereocenters. The van der Waals surface area contributed by atoms with Crippen LogP contribution in [0.3, 0.4) is 0 Å². The van der Waals surface area contributed by atoms with Gasteiger partial charge in [-0.25, -0.2) is 0 Å². The van der Waals surface area contributed by atoms with E-state index in [9.17, 15) is 4.57 Å². The zero-order chi connectivity index (χ0) is 11.2. The van der Waals surface area contributed by atoms with Crippen molar-refractivity contribution in [1.82, 2.24) is 0 Å². The van der Waals surface area contributed by atoms with Crippen molar-refractivity contribution in [2.75, 3.05) is 26.5 Å². The minimum absolute atomic E-state index is 0.255. The second-order valence-corrected chi connectivity index (χ2v) is 4.62. The zero-order valence-electron chi connectivity index (χ0n) is 7.87. The molecule has 3 N–H and O–H groups in total. The van der Waals surface area contributed by atoms with Crippen molar-refractivity contribution < 1.29 is 28.9 Å². The number of hydrogen-bond acceptors (Lipinski definition) is 5. The van der Waals surface area contributed by atoms with Gasteiger partial charge in [0.15, 0.2) is 0 Å². The topological polar surface area (TPSA) is 96.2 Å². The highest BCUT2D eigenvalue weighted by molar-refractivity contribution is 7.51. The third-order valence-corrected chi connectivity index (χ3v) is 1.88. The lowest BCUT2D eigenvalue weighted by Crippen LogP contribution is -2.31. The van der Waals surface area contributed by atoms with E-state index in [0.717, 1.165) is 6.66 Å². The molecule has 0 bridgehead atoms. The molecular formula is C6H14BO6P. The van der Waals surface area contributed by atoms with Crippen molar-refractivity contribution in [3.05, 3.63) is 0 Å². The Labute approximate surface area is 83.8 Å². The molecule has 0 amide bonds. The molecule has 0 aliphatic carbocycles. The summed E-state index contributed by atoms with van der Waals surface area (Å²) in [7, 11) is 1.64. The largest absolute Gasteiger partial charge is 0.395 e. The molecule has 14 heavy (non-hydrogen) atoms.